The number of hydrogen-bond donors (Lipinski definition) is 1. The fourth-order valence-electron chi connectivity index (χ4n) is 1.01. The van der Waals surface area contributed by atoms with E-state index < -0.39 is 0 Å². The van der Waals surface area contributed by atoms with E-state index in [0.29, 0.717) is 6.54 Å². The Morgan fingerprint density at radius 2 is 2.21 bits per heavy atom. The number of carbonyl (C=O) groups excluding carboxylic acids is 1. The summed E-state index contributed by atoms with van der Waals surface area (Å²) < 4.78 is 1.43. The van der Waals surface area contributed by atoms with E-state index in [-0.39, 0.29) is 11.4 Å². The highest BCUT2D eigenvalue weighted by atomic mass is 16.2. The van der Waals surface area contributed by atoms with Crippen molar-refractivity contribution < 1.29 is 4.79 Å². The summed E-state index contributed by atoms with van der Waals surface area (Å²) in [5.74, 6) is 0. The zero-order chi connectivity index (χ0) is 10.6. The fraction of sp³-hybridized carbons (Fsp3) is 0.600. The Labute approximate surface area is 84.3 Å². The molecule has 0 aliphatic carbocycles. The van der Waals surface area contributed by atoms with E-state index in [0.717, 1.165) is 6.42 Å². The Morgan fingerprint density at radius 3 is 2.71 bits per heavy atom. The predicted molar refractivity (Wildman–Crippen MR) is 55.1 cm³/mol. The molecule has 0 saturated carbocycles. The maximum absolute atomic E-state index is 11.4. The molecule has 1 amide bonds. The summed E-state index contributed by atoms with van der Waals surface area (Å²) in [6.45, 7) is 7.14. The second-order valence-corrected chi connectivity index (χ2v) is 4.51. The van der Waals surface area contributed by atoms with Crippen LogP contribution in [0.3, 0.4) is 0 Å². The quantitative estimate of drug-likeness (QED) is 0.783. The Morgan fingerprint density at radius 1 is 1.50 bits per heavy atom. The number of amides is 1. The molecule has 78 valence electrons. The van der Waals surface area contributed by atoms with Crippen LogP contribution in [0.5, 0.6) is 0 Å². The van der Waals surface area contributed by atoms with Gasteiger partial charge >= 0.3 is 6.03 Å². The lowest BCUT2D eigenvalue weighted by Gasteiger charge is -2.17. The first kappa shape index (κ1) is 10.8. The summed E-state index contributed by atoms with van der Waals surface area (Å²) in [5, 5.41) is 2.83. The SMILES string of the molecule is CC(C)(C)CCNC(=O)n1ccnc1. The Hall–Kier alpha value is -1.32. The molecule has 0 fully saturated rings. The summed E-state index contributed by atoms with van der Waals surface area (Å²) in [5.41, 5.74) is 0.252. The molecule has 0 atom stereocenters. The van der Waals surface area contributed by atoms with Gasteiger partial charge in [-0.15, -0.1) is 0 Å². The van der Waals surface area contributed by atoms with Crippen molar-refractivity contribution in [2.24, 2.45) is 5.41 Å². The summed E-state index contributed by atoms with van der Waals surface area (Å²) in [7, 11) is 0. The van der Waals surface area contributed by atoms with Gasteiger partial charge in [0.2, 0.25) is 0 Å². The normalized spacial score (nSPS) is 11.4. The van der Waals surface area contributed by atoms with E-state index in [9.17, 15) is 4.79 Å². The van der Waals surface area contributed by atoms with Crippen molar-refractivity contribution in [1.82, 2.24) is 14.9 Å². The van der Waals surface area contributed by atoms with Gasteiger partial charge in [-0.3, -0.25) is 4.57 Å². The van der Waals surface area contributed by atoms with Crippen LogP contribution in [-0.2, 0) is 0 Å². The highest BCUT2D eigenvalue weighted by Gasteiger charge is 2.10. The van der Waals surface area contributed by atoms with Crippen LogP contribution >= 0.6 is 0 Å². The lowest BCUT2D eigenvalue weighted by atomic mass is 9.92. The molecule has 1 aromatic heterocycles. The Balaban J connectivity index is 2.30. The van der Waals surface area contributed by atoms with Crippen molar-refractivity contribution in [2.75, 3.05) is 6.54 Å². The summed E-state index contributed by atoms with van der Waals surface area (Å²) in [6, 6.07) is -0.119. The van der Waals surface area contributed by atoms with E-state index >= 15 is 0 Å². The largest absolute Gasteiger partial charge is 0.337 e. The summed E-state index contributed by atoms with van der Waals surface area (Å²) in [4.78, 5) is 15.2. The number of carbonyl (C=O) groups is 1. The number of nitrogens with one attached hydrogen (secondary N) is 1. The molecular formula is C10H17N3O. The molecule has 0 aromatic carbocycles. The summed E-state index contributed by atoms with van der Waals surface area (Å²) in [6.07, 6.45) is 5.68. The highest BCUT2D eigenvalue weighted by Crippen LogP contribution is 2.16. The summed E-state index contributed by atoms with van der Waals surface area (Å²) >= 11 is 0. The first-order valence-corrected chi connectivity index (χ1v) is 4.75. The first-order valence-electron chi connectivity index (χ1n) is 4.75. The number of rotatable bonds is 2. The van der Waals surface area contributed by atoms with E-state index in [1.165, 1.54) is 10.9 Å². The van der Waals surface area contributed by atoms with Gasteiger partial charge in [0.15, 0.2) is 0 Å². The number of imidazole rings is 1. The third-order valence-electron chi connectivity index (χ3n) is 1.89. The van der Waals surface area contributed by atoms with Gasteiger partial charge in [0.05, 0.1) is 0 Å². The molecule has 4 nitrogen and oxygen atoms in total. The van der Waals surface area contributed by atoms with Gasteiger partial charge in [0.25, 0.3) is 0 Å². The molecule has 0 unspecified atom stereocenters. The van der Waals surface area contributed by atoms with Crippen molar-refractivity contribution in [3.05, 3.63) is 18.7 Å². The second kappa shape index (κ2) is 4.26. The van der Waals surface area contributed by atoms with Crippen LogP contribution in [0.15, 0.2) is 18.7 Å². The van der Waals surface area contributed by atoms with E-state index in [1.807, 2.05) is 0 Å². The number of hydrogen-bond acceptors (Lipinski definition) is 2. The molecule has 0 bridgehead atoms. The van der Waals surface area contributed by atoms with Crippen molar-refractivity contribution in [2.45, 2.75) is 27.2 Å². The third kappa shape index (κ3) is 3.60. The minimum atomic E-state index is -0.119. The standard InChI is InChI=1S/C10H17N3O/c1-10(2,3)4-5-12-9(14)13-7-6-11-8-13/h6-8H,4-5H2,1-3H3,(H,12,14). The van der Waals surface area contributed by atoms with Crippen LogP contribution in [0.25, 0.3) is 0 Å². The van der Waals surface area contributed by atoms with Gasteiger partial charge in [-0.05, 0) is 11.8 Å². The molecule has 14 heavy (non-hydrogen) atoms. The van der Waals surface area contributed by atoms with Gasteiger partial charge in [0.1, 0.15) is 6.33 Å². The third-order valence-corrected chi connectivity index (χ3v) is 1.89. The van der Waals surface area contributed by atoms with Gasteiger partial charge in [-0.2, -0.15) is 0 Å². The number of aromatic nitrogens is 2. The maximum Gasteiger partial charge on any atom is 0.326 e. The zero-order valence-electron chi connectivity index (χ0n) is 8.95. The predicted octanol–water partition coefficient (Wildman–Crippen LogP) is 1.88. The van der Waals surface area contributed by atoms with Gasteiger partial charge in [0, 0.05) is 18.9 Å². The van der Waals surface area contributed by atoms with Crippen molar-refractivity contribution in [1.29, 1.82) is 0 Å². The molecule has 0 radical (unpaired) electrons. The van der Waals surface area contributed by atoms with Crippen LogP contribution < -0.4 is 5.32 Å². The molecule has 0 spiro atoms. The van der Waals surface area contributed by atoms with Crippen LogP contribution in [0.1, 0.15) is 27.2 Å². The van der Waals surface area contributed by atoms with Crippen LogP contribution in [0.4, 0.5) is 4.79 Å². The molecule has 4 heteroatoms. The van der Waals surface area contributed by atoms with E-state index in [1.54, 1.807) is 12.4 Å². The van der Waals surface area contributed by atoms with Gasteiger partial charge < -0.3 is 5.32 Å². The van der Waals surface area contributed by atoms with Crippen molar-refractivity contribution >= 4 is 6.03 Å². The minimum absolute atomic E-state index is 0.119. The van der Waals surface area contributed by atoms with E-state index in [2.05, 4.69) is 31.1 Å². The van der Waals surface area contributed by atoms with Crippen LogP contribution in [0, 0.1) is 5.41 Å². The highest BCUT2D eigenvalue weighted by molar-refractivity contribution is 5.76. The lowest BCUT2D eigenvalue weighted by molar-refractivity contribution is 0.240. The van der Waals surface area contributed by atoms with Gasteiger partial charge in [-0.1, -0.05) is 20.8 Å². The van der Waals surface area contributed by atoms with Crippen LogP contribution in [-0.4, -0.2) is 22.1 Å². The molecule has 1 N–H and O–H groups in total. The average Bonchev–Trinajstić information content (AvgIpc) is 2.53. The smallest absolute Gasteiger partial charge is 0.326 e. The molecule has 0 saturated heterocycles. The zero-order valence-corrected chi connectivity index (χ0v) is 8.95. The fourth-order valence-corrected chi connectivity index (χ4v) is 1.01. The topological polar surface area (TPSA) is 46.9 Å². The Kier molecular flexibility index (Phi) is 3.28. The van der Waals surface area contributed by atoms with Crippen molar-refractivity contribution in [3.63, 3.8) is 0 Å². The molecule has 1 heterocycles. The molecule has 1 rings (SSSR count). The monoisotopic (exact) mass is 195 g/mol. The molecular weight excluding hydrogens is 178 g/mol. The second-order valence-electron chi connectivity index (χ2n) is 4.51. The maximum atomic E-state index is 11.4. The lowest BCUT2D eigenvalue weighted by Crippen LogP contribution is -2.30. The Bertz CT molecular complexity index is 285. The molecule has 0 aliphatic heterocycles. The average molecular weight is 195 g/mol. The first-order chi connectivity index (χ1) is 6.49. The number of nitrogens with zero attached hydrogens (tertiary/aromatic N) is 2. The van der Waals surface area contributed by atoms with Crippen molar-refractivity contribution in [3.8, 4) is 0 Å². The van der Waals surface area contributed by atoms with E-state index in [4.69, 9.17) is 0 Å². The minimum Gasteiger partial charge on any atom is -0.337 e. The van der Waals surface area contributed by atoms with Gasteiger partial charge in [-0.25, -0.2) is 9.78 Å². The molecule has 0 aliphatic rings. The van der Waals surface area contributed by atoms with Crippen LogP contribution in [0.2, 0.25) is 0 Å². The molecule has 1 aromatic rings.